The lowest BCUT2D eigenvalue weighted by Gasteiger charge is -2.37. The van der Waals surface area contributed by atoms with E-state index in [1.807, 2.05) is 6.92 Å². The van der Waals surface area contributed by atoms with Crippen LogP contribution in [0.2, 0.25) is 0 Å². The lowest BCUT2D eigenvalue weighted by atomic mass is 9.79. The maximum Gasteiger partial charge on any atom is 0.223 e. The Kier molecular flexibility index (Phi) is 8.62. The van der Waals surface area contributed by atoms with Gasteiger partial charge in [0.1, 0.15) is 0 Å². The molecule has 0 saturated carbocycles. The number of halogens is 1. The third kappa shape index (κ3) is 5.67. The molecule has 2 N–H and O–H groups in total. The summed E-state index contributed by atoms with van der Waals surface area (Å²) in [7, 11) is 1.74. The van der Waals surface area contributed by atoms with E-state index in [1.165, 1.54) is 0 Å². The number of hydrogen-bond donors (Lipinski definition) is 2. The molecule has 1 saturated heterocycles. The van der Waals surface area contributed by atoms with Crippen molar-refractivity contribution in [1.29, 1.82) is 0 Å². The zero-order chi connectivity index (χ0) is 13.6. The van der Waals surface area contributed by atoms with Gasteiger partial charge in [-0.3, -0.25) is 4.79 Å². The summed E-state index contributed by atoms with van der Waals surface area (Å²) in [4.78, 5) is 12.0. The molecule has 1 rings (SSSR count). The third-order valence-electron chi connectivity index (χ3n) is 4.17. The molecule has 0 aromatic carbocycles. The number of nitrogens with one attached hydrogen (secondary N) is 2. The molecule has 1 aliphatic heterocycles. The van der Waals surface area contributed by atoms with E-state index >= 15 is 0 Å². The van der Waals surface area contributed by atoms with Crippen molar-refractivity contribution in [1.82, 2.24) is 10.6 Å². The van der Waals surface area contributed by atoms with Gasteiger partial charge in [-0.05, 0) is 31.8 Å². The maximum atomic E-state index is 12.0. The zero-order valence-corrected chi connectivity index (χ0v) is 13.4. The number of hydrogen-bond acceptors (Lipinski definition) is 3. The average Bonchev–Trinajstić information content (AvgIpc) is 2.36. The van der Waals surface area contributed by atoms with Gasteiger partial charge < -0.3 is 15.4 Å². The van der Waals surface area contributed by atoms with Crippen LogP contribution in [0, 0.1) is 17.3 Å². The molecule has 1 heterocycles. The van der Waals surface area contributed by atoms with Gasteiger partial charge in [0.15, 0.2) is 0 Å². The van der Waals surface area contributed by atoms with Crippen LogP contribution in [0.15, 0.2) is 0 Å². The maximum absolute atomic E-state index is 12.0. The molecule has 5 heteroatoms. The minimum absolute atomic E-state index is 0. The van der Waals surface area contributed by atoms with Crippen molar-refractivity contribution in [3.63, 3.8) is 0 Å². The number of carbonyl (C=O) groups excluding carboxylic acids is 1. The van der Waals surface area contributed by atoms with E-state index in [9.17, 15) is 4.79 Å². The number of ether oxygens (including phenoxy) is 1. The van der Waals surface area contributed by atoms with Gasteiger partial charge in [0.25, 0.3) is 0 Å². The summed E-state index contributed by atoms with van der Waals surface area (Å²) < 4.78 is 5.35. The van der Waals surface area contributed by atoms with E-state index in [0.29, 0.717) is 5.92 Å². The standard InChI is InChI=1S/C14H28N2O2.ClH/c1-11(2)12(3)13(17)16-9-14(10-18-4)5-7-15-8-6-14;/h11-12,15H,5-10H2,1-4H3,(H,16,17);1H. The number of methoxy groups -OCH3 is 1. The molecule has 0 bridgehead atoms. The third-order valence-corrected chi connectivity index (χ3v) is 4.17. The van der Waals surface area contributed by atoms with E-state index in [4.69, 9.17) is 4.74 Å². The molecular weight excluding hydrogens is 264 g/mol. The normalized spacial score (nSPS) is 19.6. The van der Waals surface area contributed by atoms with Crippen LogP contribution < -0.4 is 10.6 Å². The van der Waals surface area contributed by atoms with Gasteiger partial charge in [0.2, 0.25) is 5.91 Å². The summed E-state index contributed by atoms with van der Waals surface area (Å²) in [5.74, 6) is 0.627. The summed E-state index contributed by atoms with van der Waals surface area (Å²) in [5.41, 5.74) is 0.117. The Balaban J connectivity index is 0.00000324. The molecule has 19 heavy (non-hydrogen) atoms. The fourth-order valence-electron chi connectivity index (χ4n) is 2.37. The second kappa shape index (κ2) is 8.77. The summed E-state index contributed by atoms with van der Waals surface area (Å²) in [6.45, 7) is 9.65. The molecule has 4 nitrogen and oxygen atoms in total. The summed E-state index contributed by atoms with van der Waals surface area (Å²) in [5, 5.41) is 6.47. The quantitative estimate of drug-likeness (QED) is 0.785. The predicted molar refractivity (Wildman–Crippen MR) is 80.7 cm³/mol. The summed E-state index contributed by atoms with van der Waals surface area (Å²) in [6, 6.07) is 0. The topological polar surface area (TPSA) is 50.4 Å². The van der Waals surface area contributed by atoms with Crippen molar-refractivity contribution in [3.8, 4) is 0 Å². The highest BCUT2D eigenvalue weighted by Gasteiger charge is 2.33. The van der Waals surface area contributed by atoms with Crippen LogP contribution in [-0.4, -0.2) is 39.3 Å². The number of amides is 1. The molecule has 1 atom stereocenters. The average molecular weight is 293 g/mol. The fourth-order valence-corrected chi connectivity index (χ4v) is 2.37. The first kappa shape index (κ1) is 18.7. The molecule has 0 spiro atoms. The highest BCUT2D eigenvalue weighted by atomic mass is 35.5. The second-order valence-electron chi connectivity index (χ2n) is 5.93. The fraction of sp³-hybridized carbons (Fsp3) is 0.929. The Morgan fingerprint density at radius 3 is 2.37 bits per heavy atom. The summed E-state index contributed by atoms with van der Waals surface area (Å²) in [6.07, 6.45) is 2.13. The monoisotopic (exact) mass is 292 g/mol. The molecule has 0 aliphatic carbocycles. The largest absolute Gasteiger partial charge is 0.384 e. The number of piperidine rings is 1. The van der Waals surface area contributed by atoms with Gasteiger partial charge in [-0.1, -0.05) is 20.8 Å². The van der Waals surface area contributed by atoms with E-state index in [1.54, 1.807) is 7.11 Å². The van der Waals surface area contributed by atoms with E-state index < -0.39 is 0 Å². The van der Waals surface area contributed by atoms with E-state index in [0.717, 1.165) is 39.1 Å². The van der Waals surface area contributed by atoms with Gasteiger partial charge in [0.05, 0.1) is 6.61 Å². The van der Waals surface area contributed by atoms with Crippen molar-refractivity contribution in [3.05, 3.63) is 0 Å². The highest BCUT2D eigenvalue weighted by Crippen LogP contribution is 2.28. The molecule has 114 valence electrons. The Hall–Kier alpha value is -0.320. The Morgan fingerprint density at radius 1 is 1.32 bits per heavy atom. The molecule has 0 aromatic rings. The van der Waals surface area contributed by atoms with Crippen molar-refractivity contribution in [2.75, 3.05) is 33.4 Å². The lowest BCUT2D eigenvalue weighted by molar-refractivity contribution is -0.126. The van der Waals surface area contributed by atoms with Crippen LogP contribution in [0.3, 0.4) is 0 Å². The molecule has 0 radical (unpaired) electrons. The molecule has 1 amide bonds. The van der Waals surface area contributed by atoms with Crippen molar-refractivity contribution in [2.45, 2.75) is 33.6 Å². The first-order valence-corrected chi connectivity index (χ1v) is 6.98. The van der Waals surface area contributed by atoms with Gasteiger partial charge in [0, 0.05) is 25.0 Å². The first-order valence-electron chi connectivity index (χ1n) is 6.98. The van der Waals surface area contributed by atoms with E-state index in [-0.39, 0.29) is 29.6 Å². The van der Waals surface area contributed by atoms with Gasteiger partial charge in [-0.25, -0.2) is 0 Å². The minimum Gasteiger partial charge on any atom is -0.384 e. The minimum atomic E-state index is 0. The van der Waals surface area contributed by atoms with Crippen LogP contribution in [0.25, 0.3) is 0 Å². The van der Waals surface area contributed by atoms with Crippen molar-refractivity contribution >= 4 is 18.3 Å². The van der Waals surface area contributed by atoms with Crippen molar-refractivity contribution < 1.29 is 9.53 Å². The molecule has 1 unspecified atom stereocenters. The van der Waals surface area contributed by atoms with E-state index in [2.05, 4.69) is 24.5 Å². The van der Waals surface area contributed by atoms with Gasteiger partial charge >= 0.3 is 0 Å². The van der Waals surface area contributed by atoms with Crippen LogP contribution in [-0.2, 0) is 9.53 Å². The highest BCUT2D eigenvalue weighted by molar-refractivity contribution is 5.85. The molecule has 0 aromatic heterocycles. The Bertz CT molecular complexity index is 261. The predicted octanol–water partition coefficient (Wildman–Crippen LogP) is 1.83. The SMILES string of the molecule is COCC1(CNC(=O)C(C)C(C)C)CCNCC1.Cl. The van der Waals surface area contributed by atoms with Crippen molar-refractivity contribution in [2.24, 2.45) is 17.3 Å². The van der Waals surface area contributed by atoms with Gasteiger partial charge in [-0.2, -0.15) is 0 Å². The second-order valence-corrected chi connectivity index (χ2v) is 5.93. The summed E-state index contributed by atoms with van der Waals surface area (Å²) >= 11 is 0. The first-order chi connectivity index (χ1) is 8.51. The smallest absolute Gasteiger partial charge is 0.223 e. The molecule has 1 aliphatic rings. The Morgan fingerprint density at radius 2 is 1.89 bits per heavy atom. The van der Waals surface area contributed by atoms with Crippen LogP contribution in [0.5, 0.6) is 0 Å². The molecule has 1 fully saturated rings. The van der Waals surface area contributed by atoms with Crippen LogP contribution in [0.4, 0.5) is 0 Å². The number of carbonyl (C=O) groups is 1. The lowest BCUT2D eigenvalue weighted by Crippen LogP contribution is -2.48. The van der Waals surface area contributed by atoms with Crippen LogP contribution >= 0.6 is 12.4 Å². The van der Waals surface area contributed by atoms with Crippen LogP contribution in [0.1, 0.15) is 33.6 Å². The molecular formula is C14H29ClN2O2. The van der Waals surface area contributed by atoms with Gasteiger partial charge in [-0.15, -0.1) is 12.4 Å². The number of rotatable bonds is 6. The Labute approximate surface area is 123 Å². The zero-order valence-electron chi connectivity index (χ0n) is 12.6.